The highest BCUT2D eigenvalue weighted by atomic mass is 79.9. The third-order valence-electron chi connectivity index (χ3n) is 4.72. The Bertz CT molecular complexity index is 1170. The van der Waals surface area contributed by atoms with Crippen molar-refractivity contribution in [3.05, 3.63) is 87.3 Å². The Morgan fingerprint density at radius 1 is 1.03 bits per heavy atom. The summed E-state index contributed by atoms with van der Waals surface area (Å²) < 4.78 is 1.01. The maximum Gasteiger partial charge on any atom is 0.263 e. The molecule has 0 saturated carbocycles. The summed E-state index contributed by atoms with van der Waals surface area (Å²) in [6.07, 6.45) is 0. The van der Waals surface area contributed by atoms with Crippen LogP contribution in [0.15, 0.2) is 71.2 Å². The van der Waals surface area contributed by atoms with E-state index >= 15 is 0 Å². The lowest BCUT2D eigenvalue weighted by Gasteiger charge is -2.14. The van der Waals surface area contributed by atoms with E-state index in [9.17, 15) is 4.79 Å². The van der Waals surface area contributed by atoms with Crippen LogP contribution >= 0.6 is 27.3 Å². The highest BCUT2D eigenvalue weighted by Crippen LogP contribution is 2.27. The van der Waals surface area contributed by atoms with Crippen molar-refractivity contribution in [3.63, 3.8) is 0 Å². The minimum Gasteiger partial charge on any atom is -0.345 e. The van der Waals surface area contributed by atoms with E-state index in [1.807, 2.05) is 50.2 Å². The van der Waals surface area contributed by atoms with E-state index in [1.165, 1.54) is 22.1 Å². The molecule has 0 spiro atoms. The van der Waals surface area contributed by atoms with E-state index in [0.29, 0.717) is 10.0 Å². The lowest BCUT2D eigenvalue weighted by atomic mass is 10.0. The lowest BCUT2D eigenvalue weighted by Crippen LogP contribution is -2.26. The molecule has 2 N–H and O–H groups in total. The number of amides is 1. The molecule has 6 heteroatoms. The number of aryl methyl sites for hydroxylation is 1. The Morgan fingerprint density at radius 3 is 2.52 bits per heavy atom. The summed E-state index contributed by atoms with van der Waals surface area (Å²) in [4.78, 5) is 18.0. The number of benzene rings is 3. The van der Waals surface area contributed by atoms with E-state index < -0.39 is 0 Å². The molecule has 0 aliphatic heterocycles. The first kappa shape index (κ1) is 19.6. The van der Waals surface area contributed by atoms with Gasteiger partial charge in [0.05, 0.1) is 11.7 Å². The molecule has 0 fully saturated rings. The van der Waals surface area contributed by atoms with Gasteiger partial charge >= 0.3 is 0 Å². The third kappa shape index (κ3) is 4.49. The molecule has 0 unspecified atom stereocenters. The zero-order chi connectivity index (χ0) is 20.4. The number of hydrogen-bond acceptors (Lipinski definition) is 4. The predicted octanol–water partition coefficient (Wildman–Crippen LogP) is 6.60. The number of nitrogens with zero attached hydrogens (tertiary/aromatic N) is 1. The maximum absolute atomic E-state index is 12.8. The van der Waals surface area contributed by atoms with Gasteiger partial charge in [0.1, 0.15) is 4.88 Å². The van der Waals surface area contributed by atoms with Gasteiger partial charge in [-0.1, -0.05) is 63.7 Å². The zero-order valence-electron chi connectivity index (χ0n) is 16.1. The van der Waals surface area contributed by atoms with Crippen molar-refractivity contribution < 1.29 is 4.79 Å². The molecule has 146 valence electrons. The van der Waals surface area contributed by atoms with Gasteiger partial charge in [-0.15, -0.1) is 0 Å². The second-order valence-electron chi connectivity index (χ2n) is 6.87. The molecule has 29 heavy (non-hydrogen) atoms. The van der Waals surface area contributed by atoms with Gasteiger partial charge in [-0.2, -0.15) is 0 Å². The molecule has 1 amide bonds. The molecule has 0 radical (unpaired) electrons. The summed E-state index contributed by atoms with van der Waals surface area (Å²) in [5, 5.41) is 9.42. The van der Waals surface area contributed by atoms with E-state index in [2.05, 4.69) is 61.9 Å². The topological polar surface area (TPSA) is 54.0 Å². The molecule has 0 saturated heterocycles. The van der Waals surface area contributed by atoms with Crippen molar-refractivity contribution in [2.75, 3.05) is 5.32 Å². The molecule has 4 aromatic rings. The first-order chi connectivity index (χ1) is 14.0. The van der Waals surface area contributed by atoms with Crippen molar-refractivity contribution in [1.29, 1.82) is 0 Å². The van der Waals surface area contributed by atoms with Crippen molar-refractivity contribution in [2.45, 2.75) is 19.9 Å². The van der Waals surface area contributed by atoms with E-state index in [0.717, 1.165) is 21.4 Å². The van der Waals surface area contributed by atoms with Crippen LogP contribution in [-0.2, 0) is 0 Å². The van der Waals surface area contributed by atoms with Crippen LogP contribution in [0.3, 0.4) is 0 Å². The largest absolute Gasteiger partial charge is 0.345 e. The molecule has 0 bridgehead atoms. The molecule has 1 aromatic heterocycles. The van der Waals surface area contributed by atoms with Crippen LogP contribution in [0.4, 0.5) is 10.8 Å². The van der Waals surface area contributed by atoms with Gasteiger partial charge < -0.3 is 10.6 Å². The number of thiazole rings is 1. The number of hydrogen-bond donors (Lipinski definition) is 2. The molecule has 1 atom stereocenters. The fourth-order valence-electron chi connectivity index (χ4n) is 3.14. The number of fused-ring (bicyclic) bond motifs is 1. The van der Waals surface area contributed by atoms with Gasteiger partial charge in [0.2, 0.25) is 0 Å². The van der Waals surface area contributed by atoms with Crippen LogP contribution < -0.4 is 10.6 Å². The average Bonchev–Trinajstić information content (AvgIpc) is 3.09. The normalized spacial score (nSPS) is 12.0. The number of anilines is 2. The second kappa shape index (κ2) is 8.35. The Hall–Kier alpha value is -2.70. The zero-order valence-corrected chi connectivity index (χ0v) is 18.5. The summed E-state index contributed by atoms with van der Waals surface area (Å²) in [5.74, 6) is -0.107. The molecule has 3 aromatic carbocycles. The van der Waals surface area contributed by atoms with Crippen molar-refractivity contribution in [2.24, 2.45) is 0 Å². The van der Waals surface area contributed by atoms with Crippen LogP contribution in [0, 0.1) is 6.92 Å². The van der Waals surface area contributed by atoms with Gasteiger partial charge in [-0.05, 0) is 60.5 Å². The third-order valence-corrected chi connectivity index (χ3v) is 6.32. The SMILES string of the molecule is Cc1nc(Nc2ccc(Br)cc2)sc1C(=O)N[C@@H](C)c1ccc2ccccc2c1. The minimum atomic E-state index is -0.107. The second-order valence-corrected chi connectivity index (χ2v) is 8.78. The maximum atomic E-state index is 12.8. The van der Waals surface area contributed by atoms with Crippen LogP contribution in [0.1, 0.15) is 33.9 Å². The quantitative estimate of drug-likeness (QED) is 0.348. The molecule has 4 rings (SSSR count). The first-order valence-electron chi connectivity index (χ1n) is 9.29. The van der Waals surface area contributed by atoms with Gasteiger partial charge in [0, 0.05) is 10.2 Å². The molecule has 0 aliphatic carbocycles. The van der Waals surface area contributed by atoms with Gasteiger partial charge in [-0.3, -0.25) is 4.79 Å². The minimum absolute atomic E-state index is 0.100. The van der Waals surface area contributed by atoms with Crippen LogP contribution in [-0.4, -0.2) is 10.9 Å². The van der Waals surface area contributed by atoms with E-state index in [4.69, 9.17) is 0 Å². The van der Waals surface area contributed by atoms with Crippen LogP contribution in [0.25, 0.3) is 10.8 Å². The van der Waals surface area contributed by atoms with Gasteiger partial charge in [0.15, 0.2) is 5.13 Å². The standard InChI is InChI=1S/C23H20BrN3OS/c1-14(17-8-7-16-5-3-4-6-18(16)13-17)25-22(28)21-15(2)26-23(29-21)27-20-11-9-19(24)10-12-20/h3-14H,1-2H3,(H,25,28)(H,26,27)/t14-/m0/s1. The summed E-state index contributed by atoms with van der Waals surface area (Å²) in [6.45, 7) is 3.86. The van der Waals surface area contributed by atoms with Gasteiger partial charge in [-0.25, -0.2) is 4.98 Å². The highest BCUT2D eigenvalue weighted by Gasteiger charge is 2.18. The van der Waals surface area contributed by atoms with Crippen LogP contribution in [0.5, 0.6) is 0 Å². The Balaban J connectivity index is 1.48. The molecule has 4 nitrogen and oxygen atoms in total. The Labute approximate surface area is 182 Å². The number of carbonyl (C=O) groups is 1. The van der Waals surface area contributed by atoms with Crippen LogP contribution in [0.2, 0.25) is 0 Å². The summed E-state index contributed by atoms with van der Waals surface area (Å²) in [6, 6.07) is 22.2. The van der Waals surface area contributed by atoms with E-state index in [-0.39, 0.29) is 11.9 Å². The fraction of sp³-hybridized carbons (Fsp3) is 0.130. The number of carbonyl (C=O) groups excluding carboxylic acids is 1. The average molecular weight is 466 g/mol. The Morgan fingerprint density at radius 2 is 1.76 bits per heavy atom. The van der Waals surface area contributed by atoms with Crippen molar-refractivity contribution in [3.8, 4) is 0 Å². The summed E-state index contributed by atoms with van der Waals surface area (Å²) in [5.41, 5.74) is 2.73. The highest BCUT2D eigenvalue weighted by molar-refractivity contribution is 9.10. The number of aromatic nitrogens is 1. The fourth-order valence-corrected chi connectivity index (χ4v) is 4.29. The number of rotatable bonds is 5. The predicted molar refractivity (Wildman–Crippen MR) is 124 cm³/mol. The summed E-state index contributed by atoms with van der Waals surface area (Å²) in [7, 11) is 0. The number of nitrogens with one attached hydrogen (secondary N) is 2. The summed E-state index contributed by atoms with van der Waals surface area (Å²) >= 11 is 4.79. The molecular formula is C23H20BrN3OS. The van der Waals surface area contributed by atoms with Gasteiger partial charge in [0.25, 0.3) is 5.91 Å². The lowest BCUT2D eigenvalue weighted by molar-refractivity contribution is 0.0943. The molecule has 0 aliphatic rings. The molecule has 1 heterocycles. The Kier molecular flexibility index (Phi) is 5.65. The number of halogens is 1. The smallest absolute Gasteiger partial charge is 0.263 e. The molecular weight excluding hydrogens is 446 g/mol. The van der Waals surface area contributed by atoms with Crippen molar-refractivity contribution in [1.82, 2.24) is 10.3 Å². The monoisotopic (exact) mass is 465 g/mol. The van der Waals surface area contributed by atoms with E-state index in [1.54, 1.807) is 0 Å². The van der Waals surface area contributed by atoms with Crippen molar-refractivity contribution >= 4 is 54.8 Å². The first-order valence-corrected chi connectivity index (χ1v) is 10.9.